The molecule has 5 nitrogen and oxygen atoms in total. The summed E-state index contributed by atoms with van der Waals surface area (Å²) in [7, 11) is 0. The van der Waals surface area contributed by atoms with Crippen LogP contribution >= 0.6 is 15.9 Å². The summed E-state index contributed by atoms with van der Waals surface area (Å²) in [5, 5.41) is 8.48. The van der Waals surface area contributed by atoms with E-state index in [1.807, 2.05) is 0 Å². The summed E-state index contributed by atoms with van der Waals surface area (Å²) in [6.07, 6.45) is 0. The van der Waals surface area contributed by atoms with E-state index in [1.54, 1.807) is 6.07 Å². The molecule has 1 rings (SSSR count). The van der Waals surface area contributed by atoms with Crippen molar-refractivity contribution in [1.29, 1.82) is 5.26 Å². The van der Waals surface area contributed by atoms with Crippen LogP contribution in [0.1, 0.15) is 5.69 Å². The molecule has 0 saturated heterocycles. The minimum absolute atomic E-state index is 0.0216. The lowest BCUT2D eigenvalue weighted by atomic mass is 10.4. The molecule has 1 aromatic rings. The predicted molar refractivity (Wildman–Crippen MR) is 45.1 cm³/mol. The maximum atomic E-state index is 8.48. The molecule has 0 radical (unpaired) electrons. The second-order valence-electron chi connectivity index (χ2n) is 1.80. The van der Waals surface area contributed by atoms with E-state index in [4.69, 9.17) is 17.6 Å². The maximum Gasteiger partial charge on any atom is 0.304 e. The Kier molecular flexibility index (Phi) is 2.22. The summed E-state index contributed by atoms with van der Waals surface area (Å²) in [6.45, 7) is 6.66. The summed E-state index contributed by atoms with van der Waals surface area (Å²) in [5.41, 5.74) is 5.34. The number of nitrogen functional groups attached to an aromatic ring is 1. The quantitative estimate of drug-likeness (QED) is 0.672. The largest absolute Gasteiger partial charge is 0.362 e. The van der Waals surface area contributed by atoms with Crippen LogP contribution in [0.3, 0.4) is 0 Å². The molecule has 0 fully saturated rings. The highest BCUT2D eigenvalue weighted by Gasteiger charge is 2.10. The normalized spacial score (nSPS) is 8.58. The first-order valence-electron chi connectivity index (χ1n) is 2.79. The molecule has 6 heteroatoms. The SMILES string of the molecule is [C-]#[N+]c1nc(N)c(C#N)nc1Br. The molecule has 1 heterocycles. The molecular weight excluding hydrogens is 222 g/mol. The standard InChI is InChI=1S/C6H2BrN5/c1-10-6-4(7)11-3(2-8)5(9)12-6/h(H2,9,12). The molecule has 0 aliphatic rings. The predicted octanol–water partition coefficient (Wildman–Crippen LogP) is 1.24. The van der Waals surface area contributed by atoms with Gasteiger partial charge < -0.3 is 10.6 Å². The van der Waals surface area contributed by atoms with Gasteiger partial charge in [0.25, 0.3) is 5.82 Å². The first kappa shape index (κ1) is 8.44. The van der Waals surface area contributed by atoms with Crippen LogP contribution in [-0.2, 0) is 0 Å². The van der Waals surface area contributed by atoms with E-state index in [0.29, 0.717) is 0 Å². The van der Waals surface area contributed by atoms with Gasteiger partial charge in [0.1, 0.15) is 10.7 Å². The minimum Gasteiger partial charge on any atom is -0.362 e. The van der Waals surface area contributed by atoms with Gasteiger partial charge in [0.15, 0.2) is 0 Å². The molecule has 58 valence electrons. The zero-order valence-electron chi connectivity index (χ0n) is 5.74. The summed E-state index contributed by atoms with van der Waals surface area (Å²) in [4.78, 5) is 10.4. The monoisotopic (exact) mass is 223 g/mol. The van der Waals surface area contributed by atoms with Crippen molar-refractivity contribution in [2.24, 2.45) is 0 Å². The minimum atomic E-state index is -0.0216. The Labute approximate surface area is 76.8 Å². The van der Waals surface area contributed by atoms with Gasteiger partial charge in [-0.15, -0.1) is 0 Å². The van der Waals surface area contributed by atoms with Crippen molar-refractivity contribution < 1.29 is 0 Å². The van der Waals surface area contributed by atoms with E-state index in [0.717, 1.165) is 0 Å². The highest BCUT2D eigenvalue weighted by Crippen LogP contribution is 2.22. The number of anilines is 1. The second kappa shape index (κ2) is 3.16. The van der Waals surface area contributed by atoms with Crippen LogP contribution in [0.4, 0.5) is 11.6 Å². The number of halogens is 1. The van der Waals surface area contributed by atoms with Gasteiger partial charge >= 0.3 is 5.82 Å². The Morgan fingerprint density at radius 1 is 1.58 bits per heavy atom. The fourth-order valence-corrected chi connectivity index (χ4v) is 0.927. The molecular formula is C6H2BrN5. The lowest BCUT2D eigenvalue weighted by Crippen LogP contribution is -1.97. The highest BCUT2D eigenvalue weighted by atomic mass is 79.9. The zero-order chi connectivity index (χ0) is 9.14. The third kappa shape index (κ3) is 1.34. The number of aromatic nitrogens is 2. The van der Waals surface area contributed by atoms with Crippen LogP contribution in [0, 0.1) is 17.9 Å². The summed E-state index contributed by atoms with van der Waals surface area (Å²) in [5.74, 6) is 0.0400. The van der Waals surface area contributed by atoms with Gasteiger partial charge in [-0.25, -0.2) is 4.98 Å². The van der Waals surface area contributed by atoms with Crippen molar-refractivity contribution in [1.82, 2.24) is 9.97 Å². The van der Waals surface area contributed by atoms with Gasteiger partial charge in [-0.1, -0.05) is 11.6 Å². The van der Waals surface area contributed by atoms with E-state index in [1.165, 1.54) is 0 Å². The average Bonchev–Trinajstić information content (AvgIpc) is 2.08. The topological polar surface area (TPSA) is 80.0 Å². The molecule has 0 saturated carbocycles. The Morgan fingerprint density at radius 2 is 2.25 bits per heavy atom. The molecule has 0 amide bonds. The lowest BCUT2D eigenvalue weighted by molar-refractivity contribution is 1.16. The van der Waals surface area contributed by atoms with Crippen LogP contribution in [0.5, 0.6) is 0 Å². The summed E-state index contributed by atoms with van der Waals surface area (Å²) in [6, 6.07) is 1.76. The van der Waals surface area contributed by atoms with Crippen molar-refractivity contribution in [2.45, 2.75) is 0 Å². The van der Waals surface area contributed by atoms with Crippen LogP contribution in [0.25, 0.3) is 4.85 Å². The number of nitrogens with zero attached hydrogens (tertiary/aromatic N) is 4. The van der Waals surface area contributed by atoms with Crippen molar-refractivity contribution in [3.8, 4) is 6.07 Å². The average molecular weight is 224 g/mol. The van der Waals surface area contributed by atoms with Gasteiger partial charge in [-0.05, 0) is 15.9 Å². The van der Waals surface area contributed by atoms with Gasteiger partial charge in [0, 0.05) is 0 Å². The summed E-state index contributed by atoms with van der Waals surface area (Å²) < 4.78 is 0.239. The van der Waals surface area contributed by atoms with Gasteiger partial charge in [-0.3, -0.25) is 0 Å². The number of nitriles is 1. The Hall–Kier alpha value is -1.66. The van der Waals surface area contributed by atoms with Crippen LogP contribution in [-0.4, -0.2) is 9.97 Å². The summed E-state index contributed by atoms with van der Waals surface area (Å²) >= 11 is 2.99. The van der Waals surface area contributed by atoms with E-state index in [9.17, 15) is 0 Å². The van der Waals surface area contributed by atoms with Gasteiger partial charge in [-0.2, -0.15) is 5.26 Å². The Morgan fingerprint density at radius 3 is 2.75 bits per heavy atom. The molecule has 0 aliphatic carbocycles. The lowest BCUT2D eigenvalue weighted by Gasteiger charge is -1.94. The van der Waals surface area contributed by atoms with Gasteiger partial charge in [0.2, 0.25) is 5.69 Å². The number of rotatable bonds is 0. The molecule has 2 N–H and O–H groups in total. The van der Waals surface area contributed by atoms with E-state index in [2.05, 4.69) is 30.7 Å². The van der Waals surface area contributed by atoms with Crippen LogP contribution in [0.15, 0.2) is 4.60 Å². The first-order valence-corrected chi connectivity index (χ1v) is 3.59. The number of hydrogen-bond acceptors (Lipinski definition) is 4. The Balaban J connectivity index is 3.41. The molecule has 0 atom stereocenters. The Bertz CT molecular complexity index is 360. The smallest absolute Gasteiger partial charge is 0.304 e. The number of hydrogen-bond donors (Lipinski definition) is 1. The van der Waals surface area contributed by atoms with Crippen molar-refractivity contribution >= 4 is 27.6 Å². The third-order valence-electron chi connectivity index (χ3n) is 1.08. The second-order valence-corrected chi connectivity index (χ2v) is 2.55. The molecule has 0 bridgehead atoms. The zero-order valence-corrected chi connectivity index (χ0v) is 7.33. The van der Waals surface area contributed by atoms with Crippen LogP contribution < -0.4 is 5.73 Å². The van der Waals surface area contributed by atoms with E-state index in [-0.39, 0.29) is 21.9 Å². The third-order valence-corrected chi connectivity index (χ3v) is 1.61. The molecule has 0 aliphatic heterocycles. The van der Waals surface area contributed by atoms with Crippen molar-refractivity contribution in [3.63, 3.8) is 0 Å². The van der Waals surface area contributed by atoms with Crippen molar-refractivity contribution in [2.75, 3.05) is 5.73 Å². The van der Waals surface area contributed by atoms with Crippen LogP contribution in [0.2, 0.25) is 0 Å². The molecule has 1 aromatic heterocycles. The molecule has 0 aromatic carbocycles. The van der Waals surface area contributed by atoms with Crippen molar-refractivity contribution in [3.05, 3.63) is 21.7 Å². The fourth-order valence-electron chi connectivity index (χ4n) is 0.572. The number of nitrogens with two attached hydrogens (primary N) is 1. The fraction of sp³-hybridized carbons (Fsp3) is 0. The molecule has 0 spiro atoms. The molecule has 0 unspecified atom stereocenters. The highest BCUT2D eigenvalue weighted by molar-refractivity contribution is 9.10. The van der Waals surface area contributed by atoms with Gasteiger partial charge in [0.05, 0.1) is 0 Å². The maximum absolute atomic E-state index is 8.48. The first-order chi connectivity index (χ1) is 5.69. The molecule has 12 heavy (non-hydrogen) atoms. The van der Waals surface area contributed by atoms with E-state index >= 15 is 0 Å². The van der Waals surface area contributed by atoms with E-state index < -0.39 is 0 Å².